The Kier molecular flexibility index (Phi) is 3.26. The minimum absolute atomic E-state index is 0.00259. The van der Waals surface area contributed by atoms with Gasteiger partial charge < -0.3 is 20.9 Å². The zero-order chi connectivity index (χ0) is 8.27. The summed E-state index contributed by atoms with van der Waals surface area (Å²) in [5.41, 5.74) is 11.2. The van der Waals surface area contributed by atoms with Gasteiger partial charge in [0.05, 0.1) is 12.1 Å². The highest BCUT2D eigenvalue weighted by molar-refractivity contribution is 4.76. The Morgan fingerprint density at radius 2 is 2.27 bits per heavy atom. The Bertz CT molecular complexity index is 121. The Morgan fingerprint density at radius 1 is 1.55 bits per heavy atom. The Labute approximate surface area is 66.8 Å². The van der Waals surface area contributed by atoms with Gasteiger partial charge >= 0.3 is 0 Å². The second kappa shape index (κ2) is 4.01. The van der Waals surface area contributed by atoms with Crippen LogP contribution in [0.15, 0.2) is 0 Å². The first-order valence-corrected chi connectivity index (χ1v) is 3.92. The number of ether oxygens (including phenoxy) is 2. The first-order valence-electron chi connectivity index (χ1n) is 3.92. The molecular formula is C7H16N2O2. The topological polar surface area (TPSA) is 70.5 Å². The van der Waals surface area contributed by atoms with Crippen LogP contribution in [-0.4, -0.2) is 32.1 Å². The molecule has 0 amide bonds. The molecule has 0 aromatic carbocycles. The van der Waals surface area contributed by atoms with E-state index in [9.17, 15) is 0 Å². The van der Waals surface area contributed by atoms with E-state index in [0.717, 1.165) is 12.8 Å². The SMILES string of the molecule is CO[C@H]1O[C@H](CN)CC[C@H]1N. The van der Waals surface area contributed by atoms with E-state index in [1.165, 1.54) is 0 Å². The summed E-state index contributed by atoms with van der Waals surface area (Å²) in [6.45, 7) is 0.548. The Hall–Kier alpha value is -0.160. The van der Waals surface area contributed by atoms with Gasteiger partial charge in [0, 0.05) is 13.7 Å². The molecule has 1 aliphatic rings. The highest BCUT2D eigenvalue weighted by atomic mass is 16.7. The highest BCUT2D eigenvalue weighted by Crippen LogP contribution is 2.17. The molecule has 0 radical (unpaired) electrons. The number of hydrogen-bond donors (Lipinski definition) is 2. The predicted molar refractivity (Wildman–Crippen MR) is 41.9 cm³/mol. The summed E-state index contributed by atoms with van der Waals surface area (Å²) in [4.78, 5) is 0. The van der Waals surface area contributed by atoms with Gasteiger partial charge in [-0.1, -0.05) is 0 Å². The summed E-state index contributed by atoms with van der Waals surface area (Å²) in [6, 6.07) is 0.00259. The van der Waals surface area contributed by atoms with E-state index >= 15 is 0 Å². The quantitative estimate of drug-likeness (QED) is 0.567. The third-order valence-corrected chi connectivity index (χ3v) is 1.99. The zero-order valence-electron chi connectivity index (χ0n) is 6.82. The maximum Gasteiger partial charge on any atom is 0.172 e. The van der Waals surface area contributed by atoms with Gasteiger partial charge in [-0.3, -0.25) is 0 Å². The van der Waals surface area contributed by atoms with Crippen LogP contribution in [0.5, 0.6) is 0 Å². The van der Waals surface area contributed by atoms with Crippen molar-refractivity contribution >= 4 is 0 Å². The number of hydrogen-bond acceptors (Lipinski definition) is 4. The van der Waals surface area contributed by atoms with E-state index < -0.39 is 0 Å². The van der Waals surface area contributed by atoms with Gasteiger partial charge in [-0.25, -0.2) is 0 Å². The molecule has 0 aromatic rings. The van der Waals surface area contributed by atoms with Gasteiger partial charge in [0.15, 0.2) is 6.29 Å². The van der Waals surface area contributed by atoms with Gasteiger partial charge in [0.2, 0.25) is 0 Å². The van der Waals surface area contributed by atoms with Crippen LogP contribution in [-0.2, 0) is 9.47 Å². The summed E-state index contributed by atoms with van der Waals surface area (Å²) >= 11 is 0. The summed E-state index contributed by atoms with van der Waals surface area (Å²) in [6.07, 6.45) is 1.73. The summed E-state index contributed by atoms with van der Waals surface area (Å²) in [7, 11) is 1.60. The molecule has 3 atom stereocenters. The third-order valence-electron chi connectivity index (χ3n) is 1.99. The zero-order valence-corrected chi connectivity index (χ0v) is 6.82. The lowest BCUT2D eigenvalue weighted by atomic mass is 10.0. The molecule has 0 saturated carbocycles. The minimum atomic E-state index is -0.266. The van der Waals surface area contributed by atoms with Crippen LogP contribution in [0.4, 0.5) is 0 Å². The van der Waals surface area contributed by atoms with Crippen molar-refractivity contribution in [3.63, 3.8) is 0 Å². The molecule has 4 heteroatoms. The Morgan fingerprint density at radius 3 is 2.82 bits per heavy atom. The largest absolute Gasteiger partial charge is 0.354 e. The molecule has 0 bridgehead atoms. The standard InChI is InChI=1S/C7H16N2O2/c1-10-7-6(9)3-2-5(4-8)11-7/h5-7H,2-4,8-9H2,1H3/t5-,6+,7-/m0/s1. The molecule has 0 aliphatic carbocycles. The normalized spacial score (nSPS) is 39.0. The van der Waals surface area contributed by atoms with Crippen LogP contribution >= 0.6 is 0 Å². The molecule has 1 fully saturated rings. The molecule has 1 saturated heterocycles. The van der Waals surface area contributed by atoms with Crippen molar-refractivity contribution in [1.29, 1.82) is 0 Å². The van der Waals surface area contributed by atoms with Crippen molar-refractivity contribution in [2.75, 3.05) is 13.7 Å². The Balaban J connectivity index is 2.37. The van der Waals surface area contributed by atoms with E-state index in [1.54, 1.807) is 7.11 Å². The lowest BCUT2D eigenvalue weighted by Gasteiger charge is -2.32. The summed E-state index contributed by atoms with van der Waals surface area (Å²) < 4.78 is 10.5. The van der Waals surface area contributed by atoms with E-state index in [0.29, 0.717) is 6.54 Å². The molecule has 1 heterocycles. The van der Waals surface area contributed by atoms with E-state index in [2.05, 4.69) is 0 Å². The molecule has 0 aromatic heterocycles. The van der Waals surface area contributed by atoms with Gasteiger partial charge in [0.1, 0.15) is 0 Å². The molecular weight excluding hydrogens is 144 g/mol. The molecule has 1 rings (SSSR count). The van der Waals surface area contributed by atoms with Crippen molar-refractivity contribution in [2.24, 2.45) is 11.5 Å². The van der Waals surface area contributed by atoms with Crippen LogP contribution in [0.3, 0.4) is 0 Å². The second-order valence-corrected chi connectivity index (χ2v) is 2.84. The van der Waals surface area contributed by atoms with Crippen molar-refractivity contribution in [2.45, 2.75) is 31.3 Å². The van der Waals surface area contributed by atoms with Crippen LogP contribution in [0.1, 0.15) is 12.8 Å². The third kappa shape index (κ3) is 2.13. The van der Waals surface area contributed by atoms with E-state index in [4.69, 9.17) is 20.9 Å². The predicted octanol–water partition coefficient (Wildman–Crippen LogP) is -0.576. The van der Waals surface area contributed by atoms with Crippen molar-refractivity contribution in [3.8, 4) is 0 Å². The average molecular weight is 160 g/mol. The fraction of sp³-hybridized carbons (Fsp3) is 1.00. The molecule has 0 unspecified atom stereocenters. The second-order valence-electron chi connectivity index (χ2n) is 2.84. The van der Waals surface area contributed by atoms with Crippen molar-refractivity contribution < 1.29 is 9.47 Å². The first-order chi connectivity index (χ1) is 5.27. The van der Waals surface area contributed by atoms with Gasteiger partial charge in [-0.15, -0.1) is 0 Å². The van der Waals surface area contributed by atoms with Crippen molar-refractivity contribution in [1.82, 2.24) is 0 Å². The minimum Gasteiger partial charge on any atom is -0.354 e. The molecule has 66 valence electrons. The van der Waals surface area contributed by atoms with Crippen LogP contribution < -0.4 is 11.5 Å². The van der Waals surface area contributed by atoms with Gasteiger partial charge in [-0.2, -0.15) is 0 Å². The fourth-order valence-corrected chi connectivity index (χ4v) is 1.28. The summed E-state index contributed by atoms with van der Waals surface area (Å²) in [5.74, 6) is 0. The lowest BCUT2D eigenvalue weighted by molar-refractivity contribution is -0.186. The molecule has 0 spiro atoms. The molecule has 1 aliphatic heterocycles. The fourth-order valence-electron chi connectivity index (χ4n) is 1.28. The van der Waals surface area contributed by atoms with Gasteiger partial charge in [0.25, 0.3) is 0 Å². The average Bonchev–Trinajstić information content (AvgIpc) is 2.05. The lowest BCUT2D eigenvalue weighted by Crippen LogP contribution is -2.47. The molecule has 4 nitrogen and oxygen atoms in total. The molecule has 11 heavy (non-hydrogen) atoms. The smallest absolute Gasteiger partial charge is 0.172 e. The van der Waals surface area contributed by atoms with Crippen molar-refractivity contribution in [3.05, 3.63) is 0 Å². The number of rotatable bonds is 2. The van der Waals surface area contributed by atoms with Gasteiger partial charge in [-0.05, 0) is 12.8 Å². The monoisotopic (exact) mass is 160 g/mol. The maximum absolute atomic E-state index is 5.72. The summed E-state index contributed by atoms with van der Waals surface area (Å²) in [5, 5.41) is 0. The van der Waals surface area contributed by atoms with E-state index in [1.807, 2.05) is 0 Å². The van der Waals surface area contributed by atoms with E-state index in [-0.39, 0.29) is 18.4 Å². The van der Waals surface area contributed by atoms with Crippen LogP contribution in [0.2, 0.25) is 0 Å². The molecule has 4 N–H and O–H groups in total. The van der Waals surface area contributed by atoms with Crippen LogP contribution in [0.25, 0.3) is 0 Å². The first kappa shape index (κ1) is 8.93. The maximum atomic E-state index is 5.72. The van der Waals surface area contributed by atoms with Crippen LogP contribution in [0, 0.1) is 0 Å². The highest BCUT2D eigenvalue weighted by Gasteiger charge is 2.27. The number of nitrogens with two attached hydrogens (primary N) is 2. The number of methoxy groups -OCH3 is 1.